The second kappa shape index (κ2) is 9.59. The smallest absolute Gasteiger partial charge is 0.329 e. The van der Waals surface area contributed by atoms with E-state index >= 15 is 0 Å². The fraction of sp³-hybridized carbons (Fsp3) is 0.476. The average Bonchev–Trinajstić information content (AvgIpc) is 2.66. The van der Waals surface area contributed by atoms with Crippen LogP contribution in [0.3, 0.4) is 0 Å². The summed E-state index contributed by atoms with van der Waals surface area (Å²) in [6.07, 6.45) is 0. The molecule has 2 aromatic rings. The van der Waals surface area contributed by atoms with Gasteiger partial charge >= 0.3 is 5.69 Å². The Bertz CT molecular complexity index is 1020. The number of piperazine rings is 1. The lowest BCUT2D eigenvalue weighted by Gasteiger charge is -2.34. The minimum Gasteiger partial charge on any atom is -0.384 e. The fourth-order valence-electron chi connectivity index (χ4n) is 3.68. The standard InChI is InChI=1S/C21H28ClN5O3/c1-14(2)11-27-19(23)18(20(29)24-21(27)30)17(28)13-26-8-6-25(7-9-26)12-15-4-3-5-16(22)10-15/h3-5,10,14H,6-9,11-13,23H2,1-2H3,(H,24,29,30). The molecule has 3 rings (SSSR count). The highest BCUT2D eigenvalue weighted by molar-refractivity contribution is 6.30. The number of aromatic amines is 1. The first-order chi connectivity index (χ1) is 14.2. The van der Waals surface area contributed by atoms with Crippen LogP contribution in [-0.2, 0) is 13.1 Å². The highest BCUT2D eigenvalue weighted by atomic mass is 35.5. The normalized spacial score (nSPS) is 15.6. The van der Waals surface area contributed by atoms with Crippen LogP contribution in [0.5, 0.6) is 0 Å². The Morgan fingerprint density at radius 3 is 2.47 bits per heavy atom. The third kappa shape index (κ3) is 5.38. The van der Waals surface area contributed by atoms with Gasteiger partial charge in [-0.3, -0.25) is 28.9 Å². The number of anilines is 1. The van der Waals surface area contributed by atoms with Crippen molar-refractivity contribution >= 4 is 23.2 Å². The first kappa shape index (κ1) is 22.3. The van der Waals surface area contributed by atoms with Gasteiger partial charge in [-0.25, -0.2) is 4.79 Å². The number of nitrogens with two attached hydrogens (primary N) is 1. The van der Waals surface area contributed by atoms with Crippen molar-refractivity contribution < 1.29 is 4.79 Å². The maximum Gasteiger partial charge on any atom is 0.329 e. The maximum absolute atomic E-state index is 12.8. The molecule has 1 aliphatic heterocycles. The molecule has 0 spiro atoms. The van der Waals surface area contributed by atoms with Gasteiger partial charge in [0.25, 0.3) is 5.56 Å². The van der Waals surface area contributed by atoms with Gasteiger partial charge in [0.1, 0.15) is 11.4 Å². The summed E-state index contributed by atoms with van der Waals surface area (Å²) < 4.78 is 1.27. The number of nitrogens with one attached hydrogen (secondary N) is 1. The molecule has 1 fully saturated rings. The molecule has 1 aromatic heterocycles. The lowest BCUT2D eigenvalue weighted by atomic mass is 10.1. The van der Waals surface area contributed by atoms with Crippen LogP contribution in [0, 0.1) is 5.92 Å². The number of carbonyl (C=O) groups is 1. The lowest BCUT2D eigenvalue weighted by Crippen LogP contribution is -2.48. The number of halogens is 1. The van der Waals surface area contributed by atoms with Crippen LogP contribution in [0.15, 0.2) is 33.9 Å². The molecule has 0 saturated carbocycles. The Hall–Kier alpha value is -2.42. The van der Waals surface area contributed by atoms with Gasteiger partial charge in [0.2, 0.25) is 0 Å². The number of benzene rings is 1. The number of nitrogen functional groups attached to an aromatic ring is 1. The number of aromatic nitrogens is 2. The molecular formula is C21H28ClN5O3. The lowest BCUT2D eigenvalue weighted by molar-refractivity contribution is 0.0842. The summed E-state index contributed by atoms with van der Waals surface area (Å²) in [7, 11) is 0. The largest absolute Gasteiger partial charge is 0.384 e. The van der Waals surface area contributed by atoms with Crippen LogP contribution in [0.4, 0.5) is 5.82 Å². The van der Waals surface area contributed by atoms with Gasteiger partial charge in [0.05, 0.1) is 6.54 Å². The molecule has 0 aliphatic carbocycles. The summed E-state index contributed by atoms with van der Waals surface area (Å²) in [4.78, 5) is 43.7. The first-order valence-electron chi connectivity index (χ1n) is 10.1. The van der Waals surface area contributed by atoms with Gasteiger partial charge in [-0.05, 0) is 23.6 Å². The van der Waals surface area contributed by atoms with Gasteiger partial charge in [0.15, 0.2) is 5.78 Å². The minimum absolute atomic E-state index is 0.0537. The summed E-state index contributed by atoms with van der Waals surface area (Å²) in [5.41, 5.74) is 5.76. The molecule has 1 aromatic carbocycles. The Kier molecular flexibility index (Phi) is 7.12. The third-order valence-electron chi connectivity index (χ3n) is 5.19. The van der Waals surface area contributed by atoms with Crippen molar-refractivity contribution in [2.24, 2.45) is 5.92 Å². The van der Waals surface area contributed by atoms with Gasteiger partial charge in [0, 0.05) is 44.3 Å². The second-order valence-electron chi connectivity index (χ2n) is 8.13. The van der Waals surface area contributed by atoms with Crippen molar-refractivity contribution in [1.82, 2.24) is 19.4 Å². The molecule has 162 valence electrons. The number of hydrogen-bond acceptors (Lipinski definition) is 6. The number of rotatable bonds is 7. The number of nitrogens with zero attached hydrogens (tertiary/aromatic N) is 3. The molecule has 0 radical (unpaired) electrons. The summed E-state index contributed by atoms with van der Waals surface area (Å²) in [5.74, 6) is -0.275. The number of ketones is 1. The van der Waals surface area contributed by atoms with E-state index in [0.717, 1.165) is 30.2 Å². The quantitative estimate of drug-likeness (QED) is 0.640. The molecule has 0 atom stereocenters. The molecule has 3 N–H and O–H groups in total. The van der Waals surface area contributed by atoms with Crippen LogP contribution in [0.2, 0.25) is 5.02 Å². The van der Waals surface area contributed by atoms with Crippen molar-refractivity contribution in [3.8, 4) is 0 Å². The summed E-state index contributed by atoms with van der Waals surface area (Å²) in [6, 6.07) is 7.79. The number of carbonyl (C=O) groups excluding carboxylic acids is 1. The topological polar surface area (TPSA) is 104 Å². The van der Waals surface area contributed by atoms with E-state index in [4.69, 9.17) is 17.3 Å². The van der Waals surface area contributed by atoms with Gasteiger partial charge in [-0.1, -0.05) is 37.6 Å². The molecule has 9 heteroatoms. The zero-order valence-corrected chi connectivity index (χ0v) is 18.1. The van der Waals surface area contributed by atoms with E-state index in [2.05, 4.69) is 9.88 Å². The molecule has 0 unspecified atom stereocenters. The van der Waals surface area contributed by atoms with Crippen LogP contribution in [-0.4, -0.2) is 57.9 Å². The Labute approximate surface area is 180 Å². The van der Waals surface area contributed by atoms with Crippen molar-refractivity contribution in [3.63, 3.8) is 0 Å². The Balaban J connectivity index is 1.63. The van der Waals surface area contributed by atoms with Crippen LogP contribution >= 0.6 is 11.6 Å². The molecule has 2 heterocycles. The summed E-state index contributed by atoms with van der Waals surface area (Å²) >= 11 is 6.05. The van der Waals surface area contributed by atoms with Crippen molar-refractivity contribution in [1.29, 1.82) is 0 Å². The van der Waals surface area contributed by atoms with E-state index in [-0.39, 0.29) is 29.6 Å². The third-order valence-corrected chi connectivity index (χ3v) is 5.43. The summed E-state index contributed by atoms with van der Waals surface area (Å²) in [5, 5.41) is 0.721. The van der Waals surface area contributed by atoms with E-state index in [9.17, 15) is 14.4 Å². The van der Waals surface area contributed by atoms with Crippen LogP contribution in [0.1, 0.15) is 29.8 Å². The molecule has 8 nitrogen and oxygen atoms in total. The fourth-order valence-corrected chi connectivity index (χ4v) is 3.90. The Morgan fingerprint density at radius 1 is 1.17 bits per heavy atom. The molecule has 0 bridgehead atoms. The van der Waals surface area contributed by atoms with E-state index < -0.39 is 11.2 Å². The minimum atomic E-state index is -0.720. The van der Waals surface area contributed by atoms with Gasteiger partial charge < -0.3 is 5.73 Å². The SMILES string of the molecule is CC(C)Cn1c(N)c(C(=O)CN2CCN(Cc3cccc(Cl)c3)CC2)c(=O)[nH]c1=O. The maximum atomic E-state index is 12.8. The van der Waals surface area contributed by atoms with Crippen LogP contribution < -0.4 is 17.0 Å². The monoisotopic (exact) mass is 433 g/mol. The van der Waals surface area contributed by atoms with Crippen LogP contribution in [0.25, 0.3) is 0 Å². The molecule has 0 amide bonds. The zero-order chi connectivity index (χ0) is 21.8. The van der Waals surface area contributed by atoms with Crippen molar-refractivity contribution in [3.05, 3.63) is 61.3 Å². The first-order valence-corrected chi connectivity index (χ1v) is 10.5. The molecular weight excluding hydrogens is 406 g/mol. The highest BCUT2D eigenvalue weighted by Crippen LogP contribution is 2.15. The van der Waals surface area contributed by atoms with E-state index in [0.29, 0.717) is 19.6 Å². The zero-order valence-electron chi connectivity index (χ0n) is 17.4. The number of Topliss-reactive ketones (excluding diaryl/α,β-unsaturated/α-hetero) is 1. The van der Waals surface area contributed by atoms with Crippen molar-refractivity contribution in [2.45, 2.75) is 26.9 Å². The Morgan fingerprint density at radius 2 is 1.83 bits per heavy atom. The molecule has 1 saturated heterocycles. The molecule has 30 heavy (non-hydrogen) atoms. The van der Waals surface area contributed by atoms with Gasteiger partial charge in [-0.15, -0.1) is 0 Å². The summed E-state index contributed by atoms with van der Waals surface area (Å²) in [6.45, 7) is 8.11. The number of H-pyrrole nitrogens is 1. The van der Waals surface area contributed by atoms with Crippen molar-refractivity contribution in [2.75, 3.05) is 38.5 Å². The van der Waals surface area contributed by atoms with E-state index in [1.165, 1.54) is 4.57 Å². The predicted molar refractivity (Wildman–Crippen MR) is 118 cm³/mol. The second-order valence-corrected chi connectivity index (χ2v) is 8.57. The average molecular weight is 434 g/mol. The van der Waals surface area contributed by atoms with E-state index in [1.54, 1.807) is 0 Å². The highest BCUT2D eigenvalue weighted by Gasteiger charge is 2.24. The predicted octanol–water partition coefficient (Wildman–Crippen LogP) is 1.43. The van der Waals surface area contributed by atoms with E-state index in [1.807, 2.05) is 43.0 Å². The number of hydrogen-bond donors (Lipinski definition) is 2. The van der Waals surface area contributed by atoms with Gasteiger partial charge in [-0.2, -0.15) is 0 Å². The molecule has 1 aliphatic rings.